The summed E-state index contributed by atoms with van der Waals surface area (Å²) in [4.78, 5) is 26.5. The second-order valence-electron chi connectivity index (χ2n) is 14.7. The molecular formula is C31H46O5. The van der Waals surface area contributed by atoms with Gasteiger partial charge in [0.2, 0.25) is 0 Å². The van der Waals surface area contributed by atoms with Crippen molar-refractivity contribution in [2.45, 2.75) is 106 Å². The first-order valence-corrected chi connectivity index (χ1v) is 14.0. The topological polar surface area (TPSA) is 83.8 Å². The quantitative estimate of drug-likeness (QED) is 0.446. The van der Waals surface area contributed by atoms with Crippen molar-refractivity contribution in [2.75, 3.05) is 6.79 Å². The predicted octanol–water partition coefficient (Wildman–Crippen LogP) is 6.31. The van der Waals surface area contributed by atoms with E-state index in [1.807, 2.05) is 19.1 Å². The van der Waals surface area contributed by atoms with E-state index in [2.05, 4.69) is 41.5 Å². The van der Waals surface area contributed by atoms with Gasteiger partial charge < -0.3 is 14.9 Å². The van der Waals surface area contributed by atoms with E-state index < -0.39 is 11.4 Å². The van der Waals surface area contributed by atoms with Gasteiger partial charge in [-0.05, 0) is 109 Å². The number of allylic oxidation sites excluding steroid dienone is 3. The van der Waals surface area contributed by atoms with E-state index in [1.54, 1.807) is 0 Å². The Labute approximate surface area is 216 Å². The molecule has 5 rings (SSSR count). The van der Waals surface area contributed by atoms with Crippen LogP contribution in [0.1, 0.15) is 99.8 Å². The SMILES string of the molecule is CC1(C)[C@@H](OCO)CC[C@]2(C)[C@H]3C(=O)C=C4C5=C[C@@](C)(C(=O)O)CC[C@]5(C)CC[C@@]4(C)[C@]3(C)CC[C@@H]12. The Morgan fingerprint density at radius 2 is 1.61 bits per heavy atom. The van der Waals surface area contributed by atoms with Crippen molar-refractivity contribution in [1.82, 2.24) is 0 Å². The number of rotatable bonds is 3. The molecule has 0 aromatic carbocycles. The first-order chi connectivity index (χ1) is 16.6. The fourth-order valence-electron chi connectivity index (χ4n) is 10.1. The molecule has 3 fully saturated rings. The normalized spacial score (nSPS) is 49.6. The number of carboxylic acid groups (broad SMARTS) is 1. The van der Waals surface area contributed by atoms with Gasteiger partial charge in [0.1, 0.15) is 6.79 Å². The van der Waals surface area contributed by atoms with Crippen LogP contribution in [0.3, 0.4) is 0 Å². The predicted molar refractivity (Wildman–Crippen MR) is 139 cm³/mol. The molecule has 5 nitrogen and oxygen atoms in total. The molecule has 2 N–H and O–H groups in total. The maximum absolute atomic E-state index is 14.3. The smallest absolute Gasteiger partial charge is 0.313 e. The second kappa shape index (κ2) is 7.79. The number of ketones is 1. The third-order valence-electron chi connectivity index (χ3n) is 12.7. The van der Waals surface area contributed by atoms with E-state index in [0.717, 1.165) is 56.1 Å². The van der Waals surface area contributed by atoms with Crippen molar-refractivity contribution >= 4 is 11.8 Å². The standard InChI is InChI=1S/C31H46O5/c1-26(2)22-8-11-31(7)24(29(22,5)10-9-23(26)36-18-32)21(33)16-19-20-17-28(4,25(34)35)13-12-27(20,3)14-15-30(19,31)6/h16-17,22-24,32H,8-15,18H2,1-7H3,(H,34,35)/t22-,23-,24+,27+,28-,29-,30+,31+/m0/s1. The van der Waals surface area contributed by atoms with Gasteiger partial charge in [-0.15, -0.1) is 0 Å². The van der Waals surface area contributed by atoms with Crippen molar-refractivity contribution in [1.29, 1.82) is 0 Å². The van der Waals surface area contributed by atoms with Crippen LogP contribution in [0.25, 0.3) is 0 Å². The summed E-state index contributed by atoms with van der Waals surface area (Å²) in [5.74, 6) is -0.254. The lowest BCUT2D eigenvalue weighted by Gasteiger charge is -2.69. The molecule has 5 aliphatic rings. The highest BCUT2D eigenvalue weighted by atomic mass is 16.6. The number of fused-ring (bicyclic) bond motifs is 7. The summed E-state index contributed by atoms with van der Waals surface area (Å²) in [5, 5.41) is 19.5. The zero-order chi connectivity index (χ0) is 26.5. The van der Waals surface area contributed by atoms with Crippen molar-refractivity contribution in [2.24, 2.45) is 44.3 Å². The molecule has 0 saturated heterocycles. The number of ether oxygens (including phenoxy) is 1. The molecular weight excluding hydrogens is 452 g/mol. The molecule has 0 heterocycles. The Morgan fingerprint density at radius 3 is 2.25 bits per heavy atom. The Kier molecular flexibility index (Phi) is 5.66. The minimum atomic E-state index is -0.881. The van der Waals surface area contributed by atoms with Gasteiger partial charge in [-0.1, -0.05) is 47.6 Å². The zero-order valence-electron chi connectivity index (χ0n) is 23.4. The number of carboxylic acids is 1. The van der Waals surface area contributed by atoms with E-state index in [0.29, 0.717) is 12.3 Å². The van der Waals surface area contributed by atoms with Crippen molar-refractivity contribution in [3.63, 3.8) is 0 Å². The summed E-state index contributed by atoms with van der Waals surface area (Å²) >= 11 is 0. The minimum Gasteiger partial charge on any atom is -0.481 e. The number of hydrogen-bond acceptors (Lipinski definition) is 4. The fourth-order valence-corrected chi connectivity index (χ4v) is 10.1. The lowest BCUT2D eigenvalue weighted by atomic mass is 9.34. The van der Waals surface area contributed by atoms with Crippen molar-refractivity contribution < 1.29 is 24.5 Å². The molecule has 0 bridgehead atoms. The summed E-state index contributed by atoms with van der Waals surface area (Å²) in [6, 6.07) is 0. The van der Waals surface area contributed by atoms with Gasteiger partial charge in [0.15, 0.2) is 5.78 Å². The maximum Gasteiger partial charge on any atom is 0.313 e. The van der Waals surface area contributed by atoms with Gasteiger partial charge in [-0.25, -0.2) is 0 Å². The zero-order valence-corrected chi connectivity index (χ0v) is 23.4. The highest BCUT2D eigenvalue weighted by molar-refractivity contribution is 5.96. The van der Waals surface area contributed by atoms with Crippen LogP contribution < -0.4 is 0 Å². The van der Waals surface area contributed by atoms with Gasteiger partial charge in [-0.3, -0.25) is 9.59 Å². The molecule has 3 saturated carbocycles. The van der Waals surface area contributed by atoms with E-state index in [4.69, 9.17) is 4.74 Å². The van der Waals surface area contributed by atoms with Crippen LogP contribution in [0.5, 0.6) is 0 Å². The van der Waals surface area contributed by atoms with Crippen molar-refractivity contribution in [3.05, 3.63) is 23.3 Å². The minimum absolute atomic E-state index is 0.00166. The average molecular weight is 499 g/mol. The average Bonchev–Trinajstić information content (AvgIpc) is 2.78. The lowest BCUT2D eigenvalue weighted by molar-refractivity contribution is -0.215. The number of aliphatic carboxylic acids is 1. The van der Waals surface area contributed by atoms with Gasteiger partial charge in [-0.2, -0.15) is 0 Å². The molecule has 36 heavy (non-hydrogen) atoms. The monoisotopic (exact) mass is 498 g/mol. The van der Waals surface area contributed by atoms with Crippen LogP contribution in [-0.4, -0.2) is 34.9 Å². The van der Waals surface area contributed by atoms with Crippen LogP contribution in [0.15, 0.2) is 23.3 Å². The Hall–Kier alpha value is -1.46. The van der Waals surface area contributed by atoms with Crippen LogP contribution >= 0.6 is 0 Å². The fraction of sp³-hybridized carbons (Fsp3) is 0.806. The van der Waals surface area contributed by atoms with E-state index in [-0.39, 0.29) is 51.7 Å². The number of carbonyl (C=O) groups is 2. The van der Waals surface area contributed by atoms with E-state index in [9.17, 15) is 19.8 Å². The maximum atomic E-state index is 14.3. The molecule has 0 unspecified atom stereocenters. The molecule has 0 radical (unpaired) electrons. The lowest BCUT2D eigenvalue weighted by Crippen LogP contribution is -2.66. The third kappa shape index (κ3) is 3.14. The van der Waals surface area contributed by atoms with Crippen LogP contribution in [0.2, 0.25) is 0 Å². The van der Waals surface area contributed by atoms with Gasteiger partial charge in [0, 0.05) is 5.92 Å². The van der Waals surface area contributed by atoms with Crippen LogP contribution in [-0.2, 0) is 14.3 Å². The molecule has 0 amide bonds. The summed E-state index contributed by atoms with van der Waals surface area (Å²) < 4.78 is 5.80. The number of carbonyl (C=O) groups excluding carboxylic acids is 1. The molecule has 8 atom stereocenters. The summed E-state index contributed by atoms with van der Waals surface area (Å²) in [5.41, 5.74) is 0.719. The highest BCUT2D eigenvalue weighted by Crippen LogP contribution is 2.74. The summed E-state index contributed by atoms with van der Waals surface area (Å²) in [6.07, 6.45) is 11.4. The third-order valence-corrected chi connectivity index (χ3v) is 12.7. The van der Waals surface area contributed by atoms with Gasteiger partial charge in [0.05, 0.1) is 11.5 Å². The first kappa shape index (κ1) is 26.2. The highest BCUT2D eigenvalue weighted by Gasteiger charge is 2.69. The largest absolute Gasteiger partial charge is 0.481 e. The molecule has 200 valence electrons. The molecule has 5 heteroatoms. The molecule has 5 aliphatic carbocycles. The van der Waals surface area contributed by atoms with Gasteiger partial charge in [0.25, 0.3) is 0 Å². The van der Waals surface area contributed by atoms with Gasteiger partial charge >= 0.3 is 5.97 Å². The molecule has 0 aromatic heterocycles. The van der Waals surface area contributed by atoms with Crippen LogP contribution in [0.4, 0.5) is 0 Å². The summed E-state index contributed by atoms with van der Waals surface area (Å²) in [7, 11) is 0. The Bertz CT molecular complexity index is 1060. The Morgan fingerprint density at radius 1 is 0.944 bits per heavy atom. The first-order valence-electron chi connectivity index (χ1n) is 14.0. The van der Waals surface area contributed by atoms with E-state index >= 15 is 0 Å². The number of hydrogen-bond donors (Lipinski definition) is 2. The van der Waals surface area contributed by atoms with Crippen molar-refractivity contribution in [3.8, 4) is 0 Å². The van der Waals surface area contributed by atoms with Crippen LogP contribution in [0, 0.1) is 44.3 Å². The number of aliphatic hydroxyl groups is 1. The van der Waals surface area contributed by atoms with E-state index in [1.165, 1.54) is 0 Å². The number of aliphatic hydroxyl groups excluding tert-OH is 1. The molecule has 0 aliphatic heterocycles. The summed E-state index contributed by atoms with van der Waals surface area (Å²) in [6.45, 7) is 15.5. The molecule has 0 aromatic rings. The Balaban J connectivity index is 1.63. The molecule has 0 spiro atoms. The second-order valence-corrected chi connectivity index (χ2v) is 14.7.